The fraction of sp³-hybridized carbons (Fsp3) is 0.261. The molecule has 0 aliphatic rings. The normalized spacial score (nSPS) is 11.3. The number of nitrogens with one attached hydrogen (secondary N) is 1. The number of ketones is 1. The summed E-state index contributed by atoms with van der Waals surface area (Å²) in [6, 6.07) is 7.26. The van der Waals surface area contributed by atoms with Crippen molar-refractivity contribution in [1.82, 2.24) is 24.3 Å². The van der Waals surface area contributed by atoms with E-state index in [-0.39, 0.29) is 24.3 Å². The number of aromatic nitrogens is 5. The Bertz CT molecular complexity index is 1280. The summed E-state index contributed by atoms with van der Waals surface area (Å²) in [5.74, 6) is -0.0825. The van der Waals surface area contributed by atoms with E-state index >= 15 is 0 Å². The summed E-state index contributed by atoms with van der Waals surface area (Å²) >= 11 is 0. The Labute approximate surface area is 179 Å². The highest BCUT2D eigenvalue weighted by molar-refractivity contribution is 6.16. The van der Waals surface area contributed by atoms with Crippen molar-refractivity contribution in [3.05, 3.63) is 71.6 Å². The van der Waals surface area contributed by atoms with Crippen molar-refractivity contribution in [2.45, 2.75) is 40.3 Å². The molecule has 0 aliphatic carbocycles. The molecule has 0 aliphatic heterocycles. The minimum Gasteiger partial charge on any atom is -0.344 e. The van der Waals surface area contributed by atoms with E-state index < -0.39 is 0 Å². The number of carbonyl (C=O) groups excluding carboxylic acids is 2. The lowest BCUT2D eigenvalue weighted by molar-refractivity contribution is -0.117. The zero-order valence-electron chi connectivity index (χ0n) is 18.0. The standard InChI is InChI=1S/C23H24N6O2/c1-14(2)28-12-19(18-11-24-7-6-20(18)28)23(31)17-5-8-25-21(10-17)26-22(30)13-29-16(4)9-15(3)27-29/h5-12,14H,13H2,1-4H3,(H,25,26,30). The van der Waals surface area contributed by atoms with Crippen LogP contribution in [0.25, 0.3) is 10.9 Å². The van der Waals surface area contributed by atoms with E-state index in [1.54, 1.807) is 29.2 Å². The van der Waals surface area contributed by atoms with Crippen LogP contribution in [0, 0.1) is 13.8 Å². The lowest BCUT2D eigenvalue weighted by Crippen LogP contribution is -2.21. The number of pyridine rings is 2. The zero-order chi connectivity index (χ0) is 22.1. The molecule has 158 valence electrons. The van der Waals surface area contributed by atoms with Gasteiger partial charge >= 0.3 is 0 Å². The average Bonchev–Trinajstić information content (AvgIpc) is 3.27. The first kappa shape index (κ1) is 20.5. The second kappa shape index (κ2) is 8.14. The van der Waals surface area contributed by atoms with Gasteiger partial charge in [0.05, 0.1) is 11.2 Å². The summed E-state index contributed by atoms with van der Waals surface area (Å²) in [5, 5.41) is 7.85. The fourth-order valence-corrected chi connectivity index (χ4v) is 3.66. The maximum atomic E-state index is 13.3. The van der Waals surface area contributed by atoms with Gasteiger partial charge in [-0.15, -0.1) is 0 Å². The molecule has 0 bridgehead atoms. The van der Waals surface area contributed by atoms with E-state index in [0.717, 1.165) is 22.3 Å². The number of amides is 1. The Hall–Kier alpha value is -3.81. The van der Waals surface area contributed by atoms with Gasteiger partial charge in [0, 0.05) is 53.0 Å². The highest BCUT2D eigenvalue weighted by Crippen LogP contribution is 2.26. The highest BCUT2D eigenvalue weighted by Gasteiger charge is 2.19. The number of hydrogen-bond acceptors (Lipinski definition) is 5. The molecule has 1 amide bonds. The summed E-state index contributed by atoms with van der Waals surface area (Å²) < 4.78 is 3.69. The van der Waals surface area contributed by atoms with E-state index in [1.165, 1.54) is 6.20 Å². The van der Waals surface area contributed by atoms with Crippen molar-refractivity contribution in [3.63, 3.8) is 0 Å². The van der Waals surface area contributed by atoms with Crippen molar-refractivity contribution in [1.29, 1.82) is 0 Å². The van der Waals surface area contributed by atoms with Gasteiger partial charge in [-0.25, -0.2) is 4.98 Å². The van der Waals surface area contributed by atoms with E-state index in [1.807, 2.05) is 32.2 Å². The summed E-state index contributed by atoms with van der Waals surface area (Å²) in [5.41, 5.74) is 3.73. The highest BCUT2D eigenvalue weighted by atomic mass is 16.2. The molecule has 4 rings (SSSR count). The average molecular weight is 416 g/mol. The fourth-order valence-electron chi connectivity index (χ4n) is 3.66. The molecule has 0 saturated carbocycles. The third-order valence-electron chi connectivity index (χ3n) is 5.12. The molecule has 0 radical (unpaired) electrons. The molecular weight excluding hydrogens is 392 g/mol. The van der Waals surface area contributed by atoms with Gasteiger partial charge in [-0.1, -0.05) is 0 Å². The maximum absolute atomic E-state index is 13.3. The molecule has 4 aromatic rings. The van der Waals surface area contributed by atoms with Gasteiger partial charge in [-0.3, -0.25) is 19.3 Å². The van der Waals surface area contributed by atoms with E-state index in [2.05, 4.69) is 38.8 Å². The number of carbonyl (C=O) groups is 2. The number of aryl methyl sites for hydroxylation is 2. The summed E-state index contributed by atoms with van der Waals surface area (Å²) in [7, 11) is 0. The maximum Gasteiger partial charge on any atom is 0.247 e. The number of anilines is 1. The smallest absolute Gasteiger partial charge is 0.247 e. The summed E-state index contributed by atoms with van der Waals surface area (Å²) in [6.45, 7) is 7.98. The number of hydrogen-bond donors (Lipinski definition) is 1. The van der Waals surface area contributed by atoms with Crippen molar-refractivity contribution >= 4 is 28.4 Å². The number of fused-ring (bicyclic) bond motifs is 1. The van der Waals surface area contributed by atoms with Crippen LogP contribution in [-0.4, -0.2) is 36.0 Å². The minimum absolute atomic E-state index is 0.0765. The molecular formula is C23H24N6O2. The predicted molar refractivity (Wildman–Crippen MR) is 118 cm³/mol. The first-order valence-electron chi connectivity index (χ1n) is 10.1. The van der Waals surface area contributed by atoms with Gasteiger partial charge in [-0.2, -0.15) is 5.10 Å². The predicted octanol–water partition coefficient (Wildman–Crippen LogP) is 3.70. The first-order valence-corrected chi connectivity index (χ1v) is 10.1. The lowest BCUT2D eigenvalue weighted by atomic mass is 10.0. The van der Waals surface area contributed by atoms with Crippen molar-refractivity contribution in [3.8, 4) is 0 Å². The zero-order valence-corrected chi connectivity index (χ0v) is 18.0. The third-order valence-corrected chi connectivity index (χ3v) is 5.12. The van der Waals surface area contributed by atoms with Crippen LogP contribution in [0.5, 0.6) is 0 Å². The molecule has 0 fully saturated rings. The van der Waals surface area contributed by atoms with E-state index in [4.69, 9.17) is 0 Å². The van der Waals surface area contributed by atoms with Crippen LogP contribution in [-0.2, 0) is 11.3 Å². The molecule has 4 aromatic heterocycles. The van der Waals surface area contributed by atoms with E-state index in [9.17, 15) is 9.59 Å². The van der Waals surface area contributed by atoms with Crippen LogP contribution in [0.1, 0.15) is 47.2 Å². The van der Waals surface area contributed by atoms with Crippen molar-refractivity contribution in [2.75, 3.05) is 5.32 Å². The van der Waals surface area contributed by atoms with Crippen LogP contribution in [0.4, 0.5) is 5.82 Å². The Kier molecular flexibility index (Phi) is 5.37. The number of nitrogens with zero attached hydrogens (tertiary/aromatic N) is 5. The lowest BCUT2D eigenvalue weighted by Gasteiger charge is -2.08. The molecule has 4 heterocycles. The van der Waals surface area contributed by atoms with Crippen LogP contribution >= 0.6 is 0 Å². The SMILES string of the molecule is Cc1cc(C)n(CC(=O)Nc2cc(C(=O)c3cn(C(C)C)c4ccncc34)ccn2)n1. The van der Waals surface area contributed by atoms with Crippen LogP contribution in [0.3, 0.4) is 0 Å². The third kappa shape index (κ3) is 4.09. The Morgan fingerprint density at radius 2 is 1.94 bits per heavy atom. The number of rotatable bonds is 6. The molecule has 0 aromatic carbocycles. The van der Waals surface area contributed by atoms with Crippen LogP contribution in [0.15, 0.2) is 49.1 Å². The Balaban J connectivity index is 1.58. The van der Waals surface area contributed by atoms with Gasteiger partial charge in [0.1, 0.15) is 12.4 Å². The van der Waals surface area contributed by atoms with Crippen LogP contribution in [0.2, 0.25) is 0 Å². The van der Waals surface area contributed by atoms with Crippen molar-refractivity contribution < 1.29 is 9.59 Å². The van der Waals surface area contributed by atoms with Gasteiger partial charge in [0.2, 0.25) is 5.91 Å². The molecule has 8 heteroatoms. The second-order valence-electron chi connectivity index (χ2n) is 7.83. The molecule has 31 heavy (non-hydrogen) atoms. The molecule has 0 saturated heterocycles. The first-order chi connectivity index (χ1) is 14.8. The quantitative estimate of drug-likeness (QED) is 0.484. The monoisotopic (exact) mass is 416 g/mol. The Morgan fingerprint density at radius 1 is 1.13 bits per heavy atom. The molecule has 1 N–H and O–H groups in total. The van der Waals surface area contributed by atoms with Gasteiger partial charge in [-0.05, 0) is 52.0 Å². The van der Waals surface area contributed by atoms with Crippen LogP contribution < -0.4 is 5.32 Å². The molecule has 8 nitrogen and oxygen atoms in total. The summed E-state index contributed by atoms with van der Waals surface area (Å²) in [6.07, 6.45) is 6.81. The molecule has 0 spiro atoms. The van der Waals surface area contributed by atoms with Gasteiger partial charge in [0.25, 0.3) is 0 Å². The van der Waals surface area contributed by atoms with E-state index in [0.29, 0.717) is 16.9 Å². The summed E-state index contributed by atoms with van der Waals surface area (Å²) in [4.78, 5) is 34.1. The minimum atomic E-state index is -0.260. The van der Waals surface area contributed by atoms with Gasteiger partial charge < -0.3 is 9.88 Å². The molecule has 0 unspecified atom stereocenters. The topological polar surface area (TPSA) is 94.7 Å². The Morgan fingerprint density at radius 3 is 2.65 bits per heavy atom. The largest absolute Gasteiger partial charge is 0.344 e. The van der Waals surface area contributed by atoms with Crippen molar-refractivity contribution in [2.24, 2.45) is 0 Å². The second-order valence-corrected chi connectivity index (χ2v) is 7.83. The van der Waals surface area contributed by atoms with Gasteiger partial charge in [0.15, 0.2) is 5.78 Å². The molecule has 0 atom stereocenters.